The molecule has 0 heterocycles. The second-order valence-corrected chi connectivity index (χ2v) is 3.66. The van der Waals surface area contributed by atoms with Crippen molar-refractivity contribution >= 4 is 23.6 Å². The molecular formula is C12H13ClFNO2. The quantitative estimate of drug-likeness (QED) is 0.649. The number of nitrogens with one attached hydrogen (secondary N) is 1. The Morgan fingerprint density at radius 2 is 2.35 bits per heavy atom. The van der Waals surface area contributed by atoms with Gasteiger partial charge in [-0.2, -0.15) is 0 Å². The molecule has 0 saturated heterocycles. The standard InChI is InChI=1S/C12H13ClFNO2/c1-17-8-7-15-12(16)6-5-9-10(13)3-2-4-11(9)14/h2-6H,7-8H2,1H3,(H,15,16)/b6-5+. The molecular weight excluding hydrogens is 245 g/mol. The molecule has 0 aliphatic carbocycles. The minimum atomic E-state index is -0.460. The van der Waals surface area contributed by atoms with Crippen molar-refractivity contribution in [3.8, 4) is 0 Å². The number of methoxy groups -OCH3 is 1. The maximum absolute atomic E-state index is 13.3. The molecule has 0 radical (unpaired) electrons. The van der Waals surface area contributed by atoms with Gasteiger partial charge in [0.05, 0.1) is 11.6 Å². The maximum Gasteiger partial charge on any atom is 0.244 e. The molecule has 0 bridgehead atoms. The first-order valence-electron chi connectivity index (χ1n) is 5.04. The van der Waals surface area contributed by atoms with Crippen molar-refractivity contribution in [1.82, 2.24) is 5.32 Å². The van der Waals surface area contributed by atoms with E-state index in [1.54, 1.807) is 13.2 Å². The van der Waals surface area contributed by atoms with Crippen molar-refractivity contribution in [2.75, 3.05) is 20.3 Å². The van der Waals surface area contributed by atoms with Gasteiger partial charge in [0.2, 0.25) is 5.91 Å². The predicted octanol–water partition coefficient (Wildman–Crippen LogP) is 2.25. The highest BCUT2D eigenvalue weighted by molar-refractivity contribution is 6.32. The van der Waals surface area contributed by atoms with Crippen LogP contribution in [0.1, 0.15) is 5.56 Å². The fourth-order valence-corrected chi connectivity index (χ4v) is 1.39. The van der Waals surface area contributed by atoms with Crippen molar-refractivity contribution < 1.29 is 13.9 Å². The molecule has 1 aromatic carbocycles. The highest BCUT2D eigenvalue weighted by Crippen LogP contribution is 2.19. The lowest BCUT2D eigenvalue weighted by Gasteiger charge is -2.01. The molecule has 1 aromatic rings. The Morgan fingerprint density at radius 1 is 1.59 bits per heavy atom. The third-order valence-electron chi connectivity index (χ3n) is 2.01. The summed E-state index contributed by atoms with van der Waals surface area (Å²) in [6, 6.07) is 4.36. The van der Waals surface area contributed by atoms with E-state index in [1.165, 1.54) is 24.3 Å². The lowest BCUT2D eigenvalue weighted by atomic mass is 10.2. The van der Waals surface area contributed by atoms with E-state index in [2.05, 4.69) is 5.32 Å². The zero-order chi connectivity index (χ0) is 12.7. The van der Waals surface area contributed by atoms with E-state index in [9.17, 15) is 9.18 Å². The minimum Gasteiger partial charge on any atom is -0.383 e. The monoisotopic (exact) mass is 257 g/mol. The fraction of sp³-hybridized carbons (Fsp3) is 0.250. The third kappa shape index (κ3) is 4.54. The Kier molecular flexibility index (Phi) is 5.66. The smallest absolute Gasteiger partial charge is 0.244 e. The highest BCUT2D eigenvalue weighted by Gasteiger charge is 2.03. The Hall–Kier alpha value is -1.39. The number of amides is 1. The first-order valence-corrected chi connectivity index (χ1v) is 5.42. The number of hydrogen-bond donors (Lipinski definition) is 1. The Labute approximate surface area is 104 Å². The van der Waals surface area contributed by atoms with Crippen LogP contribution >= 0.6 is 11.6 Å². The van der Waals surface area contributed by atoms with E-state index in [-0.39, 0.29) is 16.5 Å². The predicted molar refractivity (Wildman–Crippen MR) is 65.3 cm³/mol. The molecule has 0 aromatic heterocycles. The van der Waals surface area contributed by atoms with E-state index in [1.807, 2.05) is 0 Å². The van der Waals surface area contributed by atoms with Crippen LogP contribution in [0.5, 0.6) is 0 Å². The molecule has 0 saturated carbocycles. The molecule has 0 unspecified atom stereocenters. The Balaban J connectivity index is 2.61. The van der Waals surface area contributed by atoms with Gasteiger partial charge >= 0.3 is 0 Å². The highest BCUT2D eigenvalue weighted by atomic mass is 35.5. The number of benzene rings is 1. The summed E-state index contributed by atoms with van der Waals surface area (Å²) in [5.41, 5.74) is 0.205. The van der Waals surface area contributed by atoms with Crippen LogP contribution in [0.15, 0.2) is 24.3 Å². The van der Waals surface area contributed by atoms with Crippen molar-refractivity contribution in [2.24, 2.45) is 0 Å². The van der Waals surface area contributed by atoms with Gasteiger partial charge in [-0.3, -0.25) is 4.79 Å². The van der Waals surface area contributed by atoms with Gasteiger partial charge in [-0.05, 0) is 18.2 Å². The van der Waals surface area contributed by atoms with Crippen molar-refractivity contribution in [1.29, 1.82) is 0 Å². The number of carbonyl (C=O) groups excluding carboxylic acids is 1. The first kappa shape index (κ1) is 13.7. The summed E-state index contributed by atoms with van der Waals surface area (Å²) in [4.78, 5) is 11.3. The second-order valence-electron chi connectivity index (χ2n) is 3.25. The average Bonchev–Trinajstić information content (AvgIpc) is 2.29. The van der Waals surface area contributed by atoms with Crippen molar-refractivity contribution in [3.63, 3.8) is 0 Å². The first-order chi connectivity index (χ1) is 8.15. The number of halogens is 2. The van der Waals surface area contributed by atoms with Gasteiger partial charge in [0, 0.05) is 25.3 Å². The van der Waals surface area contributed by atoms with Gasteiger partial charge in [0.15, 0.2) is 0 Å². The maximum atomic E-state index is 13.3. The number of rotatable bonds is 5. The topological polar surface area (TPSA) is 38.3 Å². The summed E-state index contributed by atoms with van der Waals surface area (Å²) < 4.78 is 18.1. The zero-order valence-electron chi connectivity index (χ0n) is 9.37. The van der Waals surface area contributed by atoms with E-state index in [0.29, 0.717) is 13.2 Å². The Bertz CT molecular complexity index is 401. The molecule has 1 amide bonds. The van der Waals surface area contributed by atoms with Crippen LogP contribution in [-0.4, -0.2) is 26.2 Å². The summed E-state index contributed by atoms with van der Waals surface area (Å²) in [5.74, 6) is -0.778. The van der Waals surface area contributed by atoms with Crippen LogP contribution in [0.2, 0.25) is 5.02 Å². The number of hydrogen-bond acceptors (Lipinski definition) is 2. The summed E-state index contributed by atoms with van der Waals surface area (Å²) >= 11 is 5.80. The van der Waals surface area contributed by atoms with E-state index in [4.69, 9.17) is 16.3 Å². The van der Waals surface area contributed by atoms with Crippen LogP contribution in [-0.2, 0) is 9.53 Å². The molecule has 0 atom stereocenters. The largest absolute Gasteiger partial charge is 0.383 e. The molecule has 5 heteroatoms. The van der Waals surface area contributed by atoms with Gasteiger partial charge in [-0.25, -0.2) is 4.39 Å². The molecule has 3 nitrogen and oxygen atoms in total. The van der Waals surface area contributed by atoms with Gasteiger partial charge in [0.25, 0.3) is 0 Å². The van der Waals surface area contributed by atoms with E-state index >= 15 is 0 Å². The molecule has 92 valence electrons. The van der Waals surface area contributed by atoms with E-state index < -0.39 is 5.82 Å². The second kappa shape index (κ2) is 7.04. The summed E-state index contributed by atoms with van der Waals surface area (Å²) in [5, 5.41) is 2.85. The van der Waals surface area contributed by atoms with E-state index in [0.717, 1.165) is 0 Å². The van der Waals surface area contributed by atoms with Crippen molar-refractivity contribution in [3.05, 3.63) is 40.7 Å². The molecule has 0 aliphatic heterocycles. The summed E-state index contributed by atoms with van der Waals surface area (Å²) in [6.45, 7) is 0.838. The number of ether oxygens (including phenoxy) is 1. The molecule has 0 fully saturated rings. The molecule has 0 spiro atoms. The zero-order valence-corrected chi connectivity index (χ0v) is 10.1. The van der Waals surface area contributed by atoms with Crippen LogP contribution in [0.25, 0.3) is 6.08 Å². The molecule has 1 N–H and O–H groups in total. The lowest BCUT2D eigenvalue weighted by Crippen LogP contribution is -2.24. The molecule has 1 rings (SSSR count). The SMILES string of the molecule is COCCNC(=O)/C=C/c1c(F)cccc1Cl. The molecule has 0 aliphatic rings. The van der Waals surface area contributed by atoms with Crippen LogP contribution in [0.4, 0.5) is 4.39 Å². The van der Waals surface area contributed by atoms with Gasteiger partial charge in [-0.1, -0.05) is 17.7 Å². The van der Waals surface area contributed by atoms with Crippen LogP contribution in [0.3, 0.4) is 0 Å². The fourth-order valence-electron chi connectivity index (χ4n) is 1.16. The molecule has 17 heavy (non-hydrogen) atoms. The summed E-state index contributed by atoms with van der Waals surface area (Å²) in [7, 11) is 1.54. The van der Waals surface area contributed by atoms with Crippen molar-refractivity contribution in [2.45, 2.75) is 0 Å². The van der Waals surface area contributed by atoms with Crippen LogP contribution in [0, 0.1) is 5.82 Å². The van der Waals surface area contributed by atoms with Gasteiger partial charge in [-0.15, -0.1) is 0 Å². The lowest BCUT2D eigenvalue weighted by molar-refractivity contribution is -0.116. The van der Waals surface area contributed by atoms with Gasteiger partial charge in [0.1, 0.15) is 5.82 Å². The Morgan fingerprint density at radius 3 is 3.00 bits per heavy atom. The average molecular weight is 258 g/mol. The van der Waals surface area contributed by atoms with Gasteiger partial charge < -0.3 is 10.1 Å². The number of carbonyl (C=O) groups is 1. The summed E-state index contributed by atoms with van der Waals surface area (Å²) in [6.07, 6.45) is 2.58. The van der Waals surface area contributed by atoms with Crippen LogP contribution < -0.4 is 5.32 Å². The normalized spacial score (nSPS) is 10.8. The minimum absolute atomic E-state index is 0.205. The third-order valence-corrected chi connectivity index (χ3v) is 2.34.